The minimum atomic E-state index is -0.831. The molecule has 0 amide bonds. The molecule has 1 unspecified atom stereocenters. The molecule has 0 aliphatic carbocycles. The van der Waals surface area contributed by atoms with E-state index in [1.165, 1.54) is 6.07 Å². The number of rotatable bonds is 3. The molecule has 0 aromatic heterocycles. The van der Waals surface area contributed by atoms with E-state index >= 15 is 0 Å². The van der Waals surface area contributed by atoms with E-state index in [2.05, 4.69) is 43.8 Å². The highest BCUT2D eigenvalue weighted by Gasteiger charge is 2.20. The van der Waals surface area contributed by atoms with Gasteiger partial charge in [0.2, 0.25) is 0 Å². The Bertz CT molecular complexity index is 602. The highest BCUT2D eigenvalue weighted by Crippen LogP contribution is 2.30. The highest BCUT2D eigenvalue weighted by atomic mass is 127. The quantitative estimate of drug-likeness (QED) is 0.689. The van der Waals surface area contributed by atoms with Crippen molar-refractivity contribution < 1.29 is 8.78 Å². The molecule has 0 bridgehead atoms. The van der Waals surface area contributed by atoms with Gasteiger partial charge >= 0.3 is 0 Å². The molecule has 0 aliphatic heterocycles. The van der Waals surface area contributed by atoms with Crippen molar-refractivity contribution in [3.8, 4) is 0 Å². The van der Waals surface area contributed by atoms with E-state index in [0.717, 1.165) is 19.7 Å². The van der Waals surface area contributed by atoms with E-state index in [0.29, 0.717) is 5.56 Å². The molecular formula is C14H11BrF2IN. The van der Waals surface area contributed by atoms with Gasteiger partial charge in [-0.3, -0.25) is 0 Å². The first-order valence-corrected chi connectivity index (χ1v) is 7.48. The van der Waals surface area contributed by atoms with E-state index in [1.807, 2.05) is 18.2 Å². The van der Waals surface area contributed by atoms with Gasteiger partial charge in [0, 0.05) is 13.6 Å². The van der Waals surface area contributed by atoms with Gasteiger partial charge in [-0.15, -0.1) is 0 Å². The molecule has 100 valence electrons. The van der Waals surface area contributed by atoms with Crippen molar-refractivity contribution in [2.24, 2.45) is 0 Å². The second kappa shape index (κ2) is 6.28. The predicted octanol–water partition coefficient (Wildman–Crippen LogP) is 4.64. The third kappa shape index (κ3) is 3.14. The third-order valence-electron chi connectivity index (χ3n) is 2.85. The van der Waals surface area contributed by atoms with Crippen LogP contribution in [0.3, 0.4) is 0 Å². The van der Waals surface area contributed by atoms with Gasteiger partial charge in [-0.2, -0.15) is 0 Å². The van der Waals surface area contributed by atoms with Gasteiger partial charge < -0.3 is 5.32 Å². The lowest BCUT2D eigenvalue weighted by molar-refractivity contribution is 0.487. The first-order valence-electron chi connectivity index (χ1n) is 5.60. The fraction of sp³-hybridized carbons (Fsp3) is 0.143. The standard InChI is InChI=1S/C14H11BrF2IN/c1-19-14(9-3-2-4-11(16)13(9)17)10-7-8(15)5-6-12(10)18/h2-7,14,19H,1H3. The number of hydrogen-bond donors (Lipinski definition) is 1. The van der Waals surface area contributed by atoms with Crippen LogP contribution < -0.4 is 5.32 Å². The summed E-state index contributed by atoms with van der Waals surface area (Å²) in [6.45, 7) is 0. The Hall–Kier alpha value is -0.530. The first kappa shape index (κ1) is 14.9. The van der Waals surface area contributed by atoms with E-state index in [-0.39, 0.29) is 6.04 Å². The Morgan fingerprint density at radius 1 is 1.16 bits per heavy atom. The Morgan fingerprint density at radius 3 is 2.58 bits per heavy atom. The summed E-state index contributed by atoms with van der Waals surface area (Å²) in [6, 6.07) is 9.60. The van der Waals surface area contributed by atoms with Crippen molar-refractivity contribution in [1.29, 1.82) is 0 Å². The summed E-state index contributed by atoms with van der Waals surface area (Å²) in [5.41, 5.74) is 1.21. The minimum absolute atomic E-state index is 0.304. The second-order valence-corrected chi connectivity index (χ2v) is 6.11. The van der Waals surface area contributed by atoms with Crippen LogP contribution in [-0.4, -0.2) is 7.05 Å². The normalized spacial score (nSPS) is 12.5. The fourth-order valence-corrected chi connectivity index (χ4v) is 2.98. The molecule has 1 atom stereocenters. The van der Waals surface area contributed by atoms with Crippen LogP contribution in [0.25, 0.3) is 0 Å². The van der Waals surface area contributed by atoms with Crippen LogP contribution in [0.1, 0.15) is 17.2 Å². The molecule has 0 heterocycles. The second-order valence-electron chi connectivity index (χ2n) is 4.03. The smallest absolute Gasteiger partial charge is 0.163 e. The van der Waals surface area contributed by atoms with Gasteiger partial charge in [0.25, 0.3) is 0 Å². The average molecular weight is 438 g/mol. The SMILES string of the molecule is CNC(c1cc(Br)ccc1I)c1cccc(F)c1F. The predicted molar refractivity (Wildman–Crippen MR) is 84.1 cm³/mol. The zero-order valence-corrected chi connectivity index (χ0v) is 13.8. The lowest BCUT2D eigenvalue weighted by Crippen LogP contribution is -2.20. The molecule has 1 N–H and O–H groups in total. The van der Waals surface area contributed by atoms with Crippen molar-refractivity contribution in [2.45, 2.75) is 6.04 Å². The molecule has 2 aromatic rings. The summed E-state index contributed by atoms with van der Waals surface area (Å²) in [4.78, 5) is 0. The molecule has 0 saturated heterocycles. The van der Waals surface area contributed by atoms with E-state index in [1.54, 1.807) is 13.1 Å². The molecular weight excluding hydrogens is 427 g/mol. The molecule has 0 aliphatic rings. The maximum absolute atomic E-state index is 13.9. The van der Waals surface area contributed by atoms with Crippen molar-refractivity contribution in [3.05, 3.63) is 67.2 Å². The zero-order chi connectivity index (χ0) is 14.0. The minimum Gasteiger partial charge on any atom is -0.309 e. The molecule has 2 aromatic carbocycles. The number of hydrogen-bond acceptors (Lipinski definition) is 1. The monoisotopic (exact) mass is 437 g/mol. The number of benzene rings is 2. The van der Waals surface area contributed by atoms with Gasteiger partial charge in [0.05, 0.1) is 6.04 Å². The highest BCUT2D eigenvalue weighted by molar-refractivity contribution is 14.1. The molecule has 19 heavy (non-hydrogen) atoms. The molecule has 0 radical (unpaired) electrons. The average Bonchev–Trinajstić information content (AvgIpc) is 2.39. The topological polar surface area (TPSA) is 12.0 Å². The molecule has 0 saturated carbocycles. The number of nitrogens with one attached hydrogen (secondary N) is 1. The molecule has 0 spiro atoms. The maximum atomic E-state index is 13.9. The summed E-state index contributed by atoms with van der Waals surface area (Å²) >= 11 is 5.59. The Morgan fingerprint density at radius 2 is 1.89 bits per heavy atom. The first-order chi connectivity index (χ1) is 9.04. The van der Waals surface area contributed by atoms with Crippen LogP contribution in [0.4, 0.5) is 8.78 Å². The van der Waals surface area contributed by atoms with Crippen LogP contribution in [-0.2, 0) is 0 Å². The Labute approximate surface area is 132 Å². The molecule has 1 nitrogen and oxygen atoms in total. The van der Waals surface area contributed by atoms with E-state index in [4.69, 9.17) is 0 Å². The van der Waals surface area contributed by atoms with Gasteiger partial charge in [0.1, 0.15) is 0 Å². The van der Waals surface area contributed by atoms with Crippen LogP contribution in [0.2, 0.25) is 0 Å². The molecule has 2 rings (SSSR count). The van der Waals surface area contributed by atoms with Crippen LogP contribution >= 0.6 is 38.5 Å². The van der Waals surface area contributed by atoms with Crippen molar-refractivity contribution in [2.75, 3.05) is 7.05 Å². The summed E-state index contributed by atoms with van der Waals surface area (Å²) < 4.78 is 29.2. The lowest BCUT2D eigenvalue weighted by atomic mass is 9.98. The van der Waals surface area contributed by atoms with Gasteiger partial charge in [-0.05, 0) is 59.5 Å². The van der Waals surface area contributed by atoms with Crippen molar-refractivity contribution >= 4 is 38.5 Å². The van der Waals surface area contributed by atoms with Crippen molar-refractivity contribution in [1.82, 2.24) is 5.32 Å². The summed E-state index contributed by atoms with van der Waals surface area (Å²) in [7, 11) is 1.73. The summed E-state index contributed by atoms with van der Waals surface area (Å²) in [5, 5.41) is 3.04. The van der Waals surface area contributed by atoms with Gasteiger partial charge in [-0.1, -0.05) is 28.1 Å². The Kier molecular flexibility index (Phi) is 4.92. The summed E-state index contributed by atoms with van der Waals surface area (Å²) in [6.07, 6.45) is 0. The van der Waals surface area contributed by atoms with Gasteiger partial charge in [0.15, 0.2) is 11.6 Å². The van der Waals surface area contributed by atoms with Gasteiger partial charge in [-0.25, -0.2) is 8.78 Å². The lowest BCUT2D eigenvalue weighted by Gasteiger charge is -2.20. The Balaban J connectivity index is 2.56. The molecule has 5 heteroatoms. The largest absolute Gasteiger partial charge is 0.309 e. The van der Waals surface area contributed by atoms with E-state index in [9.17, 15) is 8.78 Å². The number of halogens is 4. The maximum Gasteiger partial charge on any atom is 0.163 e. The summed E-state index contributed by atoms with van der Waals surface area (Å²) in [5.74, 6) is -1.64. The van der Waals surface area contributed by atoms with Crippen molar-refractivity contribution in [3.63, 3.8) is 0 Å². The van der Waals surface area contributed by atoms with E-state index < -0.39 is 11.6 Å². The van der Waals surface area contributed by atoms with Crippen LogP contribution in [0.15, 0.2) is 40.9 Å². The van der Waals surface area contributed by atoms with Crippen LogP contribution in [0, 0.1) is 15.2 Å². The fourth-order valence-electron chi connectivity index (χ4n) is 1.96. The zero-order valence-electron chi connectivity index (χ0n) is 10.1. The molecule has 0 fully saturated rings. The third-order valence-corrected chi connectivity index (χ3v) is 4.33. The van der Waals surface area contributed by atoms with Crippen LogP contribution in [0.5, 0.6) is 0 Å².